The monoisotopic (exact) mass is 265 g/mol. The number of rotatable bonds is 4. The van der Waals surface area contributed by atoms with Crippen molar-refractivity contribution >= 4 is 10.8 Å². The number of hydrogen-bond donors (Lipinski definition) is 1. The maximum Gasteiger partial charge on any atom is 0.0354 e. The molecule has 0 aliphatic heterocycles. The molecule has 2 aliphatic carbocycles. The van der Waals surface area contributed by atoms with E-state index in [4.69, 9.17) is 0 Å². The molecule has 2 saturated carbocycles. The summed E-state index contributed by atoms with van der Waals surface area (Å²) < 4.78 is 0. The summed E-state index contributed by atoms with van der Waals surface area (Å²) in [7, 11) is 0. The van der Waals surface area contributed by atoms with Gasteiger partial charge in [0.25, 0.3) is 0 Å². The minimum Gasteiger partial charge on any atom is -0.310 e. The van der Waals surface area contributed by atoms with Crippen LogP contribution in [0.15, 0.2) is 42.5 Å². The summed E-state index contributed by atoms with van der Waals surface area (Å²) in [6, 6.07) is 16.1. The van der Waals surface area contributed by atoms with Crippen LogP contribution in [0.5, 0.6) is 0 Å². The van der Waals surface area contributed by atoms with E-state index >= 15 is 0 Å². The van der Waals surface area contributed by atoms with Gasteiger partial charge in [0.15, 0.2) is 0 Å². The Morgan fingerprint density at radius 3 is 2.55 bits per heavy atom. The van der Waals surface area contributed by atoms with Gasteiger partial charge in [0.1, 0.15) is 0 Å². The number of benzene rings is 2. The fraction of sp³-hybridized carbons (Fsp3) is 0.474. The zero-order valence-electron chi connectivity index (χ0n) is 12.2. The van der Waals surface area contributed by atoms with Crippen molar-refractivity contribution in [3.63, 3.8) is 0 Å². The van der Waals surface area contributed by atoms with E-state index in [1.54, 1.807) is 0 Å². The first-order valence-corrected chi connectivity index (χ1v) is 8.08. The molecule has 2 aromatic rings. The summed E-state index contributed by atoms with van der Waals surface area (Å²) in [6.45, 7) is 3.29. The molecule has 2 fully saturated rings. The Balaban J connectivity index is 1.73. The second kappa shape index (κ2) is 4.89. The molecule has 0 saturated heterocycles. The van der Waals surface area contributed by atoms with Crippen molar-refractivity contribution < 1.29 is 0 Å². The van der Waals surface area contributed by atoms with E-state index in [2.05, 4.69) is 54.7 Å². The highest BCUT2D eigenvalue weighted by Gasteiger charge is 2.48. The summed E-state index contributed by atoms with van der Waals surface area (Å²) in [5, 5.41) is 6.58. The quantitative estimate of drug-likeness (QED) is 0.856. The number of nitrogens with one attached hydrogen (secondary N) is 1. The average Bonchev–Trinajstić information content (AvgIpc) is 3.11. The molecular weight excluding hydrogens is 242 g/mol. The SMILES string of the molecule is CCNC(c1cccc2ccccc12)C1CC2CC2C1. The van der Waals surface area contributed by atoms with Crippen LogP contribution in [0.2, 0.25) is 0 Å². The number of hydrogen-bond acceptors (Lipinski definition) is 1. The molecule has 0 amide bonds. The van der Waals surface area contributed by atoms with Crippen LogP contribution in [-0.2, 0) is 0 Å². The van der Waals surface area contributed by atoms with Gasteiger partial charge in [-0.05, 0) is 59.9 Å². The van der Waals surface area contributed by atoms with Crippen LogP contribution in [-0.4, -0.2) is 6.54 Å². The molecule has 2 aromatic carbocycles. The van der Waals surface area contributed by atoms with Gasteiger partial charge in [-0.25, -0.2) is 0 Å². The maximum absolute atomic E-state index is 3.77. The van der Waals surface area contributed by atoms with Gasteiger partial charge in [0.05, 0.1) is 0 Å². The van der Waals surface area contributed by atoms with E-state index in [9.17, 15) is 0 Å². The van der Waals surface area contributed by atoms with E-state index in [0.717, 1.165) is 24.3 Å². The van der Waals surface area contributed by atoms with E-state index < -0.39 is 0 Å². The lowest BCUT2D eigenvalue weighted by molar-refractivity contribution is 0.348. The normalized spacial score (nSPS) is 29.4. The molecule has 3 unspecified atom stereocenters. The Kier molecular flexibility index (Phi) is 3.03. The van der Waals surface area contributed by atoms with E-state index in [0.29, 0.717) is 6.04 Å². The first-order valence-electron chi connectivity index (χ1n) is 8.08. The van der Waals surface area contributed by atoms with Gasteiger partial charge in [-0.15, -0.1) is 0 Å². The largest absolute Gasteiger partial charge is 0.310 e. The molecule has 0 spiro atoms. The second-order valence-electron chi connectivity index (χ2n) is 6.59. The zero-order chi connectivity index (χ0) is 13.5. The summed E-state index contributed by atoms with van der Waals surface area (Å²) in [5.41, 5.74) is 1.51. The highest BCUT2D eigenvalue weighted by atomic mass is 14.9. The van der Waals surface area contributed by atoms with Crippen LogP contribution >= 0.6 is 0 Å². The predicted molar refractivity (Wildman–Crippen MR) is 84.7 cm³/mol. The molecule has 0 radical (unpaired) electrons. The minimum absolute atomic E-state index is 0.541. The third-order valence-electron chi connectivity index (χ3n) is 5.33. The smallest absolute Gasteiger partial charge is 0.0354 e. The third kappa shape index (κ3) is 2.05. The molecule has 104 valence electrons. The highest BCUT2D eigenvalue weighted by Crippen LogP contribution is 2.57. The molecule has 1 N–H and O–H groups in total. The topological polar surface area (TPSA) is 12.0 Å². The molecule has 2 aliphatic rings. The lowest BCUT2D eigenvalue weighted by Crippen LogP contribution is -2.27. The fourth-order valence-electron chi connectivity index (χ4n) is 4.31. The van der Waals surface area contributed by atoms with Gasteiger partial charge in [0, 0.05) is 6.04 Å². The molecule has 0 aromatic heterocycles. The van der Waals surface area contributed by atoms with Gasteiger partial charge >= 0.3 is 0 Å². The van der Waals surface area contributed by atoms with Crippen LogP contribution < -0.4 is 5.32 Å². The van der Waals surface area contributed by atoms with Gasteiger partial charge in [-0.2, -0.15) is 0 Å². The van der Waals surface area contributed by atoms with Crippen molar-refractivity contribution in [2.45, 2.75) is 32.2 Å². The minimum atomic E-state index is 0.541. The summed E-state index contributed by atoms with van der Waals surface area (Å²) in [5.74, 6) is 2.94. The molecule has 3 atom stereocenters. The Bertz CT molecular complexity index is 603. The van der Waals surface area contributed by atoms with Crippen LogP contribution in [0.25, 0.3) is 10.8 Å². The number of fused-ring (bicyclic) bond motifs is 2. The first-order chi connectivity index (χ1) is 9.86. The van der Waals surface area contributed by atoms with Gasteiger partial charge in [0.2, 0.25) is 0 Å². The zero-order valence-corrected chi connectivity index (χ0v) is 12.2. The van der Waals surface area contributed by atoms with Crippen LogP contribution in [0.3, 0.4) is 0 Å². The van der Waals surface area contributed by atoms with Crippen molar-refractivity contribution in [2.75, 3.05) is 6.54 Å². The van der Waals surface area contributed by atoms with E-state index in [1.807, 2.05) is 0 Å². The van der Waals surface area contributed by atoms with Crippen molar-refractivity contribution in [1.29, 1.82) is 0 Å². The van der Waals surface area contributed by atoms with Gasteiger partial charge in [-0.3, -0.25) is 0 Å². The Morgan fingerprint density at radius 2 is 1.75 bits per heavy atom. The van der Waals surface area contributed by atoms with E-state index in [1.165, 1.54) is 35.6 Å². The molecule has 1 nitrogen and oxygen atoms in total. The van der Waals surface area contributed by atoms with Crippen LogP contribution in [0.4, 0.5) is 0 Å². The Hall–Kier alpha value is -1.34. The van der Waals surface area contributed by atoms with Crippen molar-refractivity contribution in [1.82, 2.24) is 5.32 Å². The third-order valence-corrected chi connectivity index (χ3v) is 5.33. The van der Waals surface area contributed by atoms with Crippen molar-refractivity contribution in [3.05, 3.63) is 48.0 Å². The molecule has 20 heavy (non-hydrogen) atoms. The fourth-order valence-corrected chi connectivity index (χ4v) is 4.31. The Labute approximate surface area is 121 Å². The molecule has 0 bridgehead atoms. The van der Waals surface area contributed by atoms with Gasteiger partial charge < -0.3 is 5.32 Å². The summed E-state index contributed by atoms with van der Waals surface area (Å²) >= 11 is 0. The Morgan fingerprint density at radius 1 is 1.00 bits per heavy atom. The molecule has 0 heterocycles. The molecular formula is C19H23N. The average molecular weight is 265 g/mol. The highest BCUT2D eigenvalue weighted by molar-refractivity contribution is 5.86. The molecule has 1 heteroatoms. The van der Waals surface area contributed by atoms with Gasteiger partial charge in [-0.1, -0.05) is 49.4 Å². The summed E-state index contributed by atoms with van der Waals surface area (Å²) in [4.78, 5) is 0. The predicted octanol–water partition coefficient (Wildman–Crippen LogP) is 4.54. The van der Waals surface area contributed by atoms with E-state index in [-0.39, 0.29) is 0 Å². The lowest BCUT2D eigenvalue weighted by Gasteiger charge is -2.27. The lowest BCUT2D eigenvalue weighted by atomic mass is 9.86. The van der Waals surface area contributed by atoms with Crippen molar-refractivity contribution in [3.8, 4) is 0 Å². The van der Waals surface area contributed by atoms with Crippen molar-refractivity contribution in [2.24, 2.45) is 17.8 Å². The standard InChI is InChI=1S/C19H23N/c1-2-20-19(16-11-14-10-15(14)12-16)18-9-5-7-13-6-3-4-8-17(13)18/h3-9,14-16,19-20H,2,10-12H2,1H3. The first kappa shape index (κ1) is 12.4. The molecule has 4 rings (SSSR count). The maximum atomic E-state index is 3.77. The van der Waals surface area contributed by atoms with Crippen LogP contribution in [0.1, 0.15) is 37.8 Å². The van der Waals surface area contributed by atoms with Crippen LogP contribution in [0, 0.1) is 17.8 Å². The second-order valence-corrected chi connectivity index (χ2v) is 6.59. The summed E-state index contributed by atoms with van der Waals surface area (Å²) in [6.07, 6.45) is 4.38.